The van der Waals surface area contributed by atoms with Crippen molar-refractivity contribution >= 4 is 17.9 Å². The zero-order valence-electron chi connectivity index (χ0n) is 9.30. The number of carbonyl (C=O) groups is 2. The smallest absolute Gasteiger partial charge is 0.241 e. The van der Waals surface area contributed by atoms with E-state index in [1.54, 1.807) is 5.01 Å². The van der Waals surface area contributed by atoms with Crippen molar-refractivity contribution in [2.45, 2.75) is 12.8 Å². The van der Waals surface area contributed by atoms with Gasteiger partial charge in [-0.2, -0.15) is 0 Å². The predicted molar refractivity (Wildman–Crippen MR) is 60.8 cm³/mol. The van der Waals surface area contributed by atoms with Crippen LogP contribution in [0, 0.1) is 5.82 Å². The number of aldehydes is 1. The van der Waals surface area contributed by atoms with E-state index in [0.29, 0.717) is 18.7 Å². The molecule has 0 radical (unpaired) electrons. The maximum atomic E-state index is 12.8. The Hall–Kier alpha value is -1.75. The molecule has 0 spiro atoms. The van der Waals surface area contributed by atoms with Gasteiger partial charge in [0.15, 0.2) is 0 Å². The van der Waals surface area contributed by atoms with Crippen molar-refractivity contribution in [3.63, 3.8) is 0 Å². The Balaban J connectivity index is 2.27. The van der Waals surface area contributed by atoms with Crippen LogP contribution in [0.1, 0.15) is 12.8 Å². The molecule has 0 saturated carbocycles. The molecule has 0 aliphatic carbocycles. The van der Waals surface area contributed by atoms with E-state index in [9.17, 15) is 14.0 Å². The van der Waals surface area contributed by atoms with Gasteiger partial charge in [0.1, 0.15) is 12.1 Å². The quantitative estimate of drug-likeness (QED) is 0.744. The lowest BCUT2D eigenvalue weighted by Crippen LogP contribution is -2.51. The molecule has 1 amide bonds. The zero-order chi connectivity index (χ0) is 12.3. The molecule has 1 aromatic rings. The lowest BCUT2D eigenvalue weighted by atomic mass is 10.2. The number of halogens is 1. The summed E-state index contributed by atoms with van der Waals surface area (Å²) in [5.74, 6) is -0.412. The van der Waals surface area contributed by atoms with Crippen molar-refractivity contribution in [1.82, 2.24) is 5.01 Å². The highest BCUT2D eigenvalue weighted by Gasteiger charge is 2.26. The van der Waals surface area contributed by atoms with E-state index >= 15 is 0 Å². The zero-order valence-corrected chi connectivity index (χ0v) is 9.30. The number of benzene rings is 1. The van der Waals surface area contributed by atoms with E-state index in [1.807, 2.05) is 0 Å². The van der Waals surface area contributed by atoms with E-state index in [2.05, 4.69) is 0 Å². The fourth-order valence-corrected chi connectivity index (χ4v) is 1.92. The summed E-state index contributed by atoms with van der Waals surface area (Å²) in [7, 11) is 0. The molecule has 4 nitrogen and oxygen atoms in total. The molecule has 0 aromatic heterocycles. The number of hydrogen-bond donors (Lipinski definition) is 0. The van der Waals surface area contributed by atoms with Crippen LogP contribution in [0.3, 0.4) is 0 Å². The fraction of sp³-hybridized carbons (Fsp3) is 0.333. The van der Waals surface area contributed by atoms with E-state index in [1.165, 1.54) is 29.3 Å². The average molecular weight is 236 g/mol. The maximum absolute atomic E-state index is 12.8. The first-order valence-corrected chi connectivity index (χ1v) is 5.49. The predicted octanol–water partition coefficient (Wildman–Crippen LogP) is 1.37. The van der Waals surface area contributed by atoms with Gasteiger partial charge in [0, 0.05) is 13.0 Å². The van der Waals surface area contributed by atoms with Crippen molar-refractivity contribution in [3.05, 3.63) is 30.1 Å². The van der Waals surface area contributed by atoms with Gasteiger partial charge in [-0.05, 0) is 30.7 Å². The molecule has 0 unspecified atom stereocenters. The molecule has 90 valence electrons. The van der Waals surface area contributed by atoms with Crippen LogP contribution in [0.2, 0.25) is 0 Å². The van der Waals surface area contributed by atoms with E-state index in [0.717, 1.165) is 12.7 Å². The molecule has 1 aliphatic rings. The monoisotopic (exact) mass is 236 g/mol. The maximum Gasteiger partial charge on any atom is 0.241 e. The second kappa shape index (κ2) is 5.05. The van der Waals surface area contributed by atoms with Gasteiger partial charge < -0.3 is 4.79 Å². The van der Waals surface area contributed by atoms with Crippen molar-refractivity contribution < 1.29 is 14.0 Å². The van der Waals surface area contributed by atoms with E-state index in [4.69, 9.17) is 0 Å². The Morgan fingerprint density at radius 2 is 2.00 bits per heavy atom. The van der Waals surface area contributed by atoms with Gasteiger partial charge >= 0.3 is 0 Å². The Bertz CT molecular complexity index is 419. The van der Waals surface area contributed by atoms with E-state index in [-0.39, 0.29) is 18.3 Å². The minimum absolute atomic E-state index is 0.0651. The van der Waals surface area contributed by atoms with Crippen LogP contribution in [0.25, 0.3) is 0 Å². The first kappa shape index (κ1) is 11.7. The number of anilines is 1. The number of carbonyl (C=O) groups excluding carboxylic acids is 2. The third-order valence-electron chi connectivity index (χ3n) is 2.68. The number of hydrogen-bond acceptors (Lipinski definition) is 3. The summed E-state index contributed by atoms with van der Waals surface area (Å²) in [6.45, 7) is 0.824. The van der Waals surface area contributed by atoms with Crippen LogP contribution in [-0.2, 0) is 9.59 Å². The molecule has 0 atom stereocenters. The highest BCUT2D eigenvalue weighted by molar-refractivity contribution is 5.93. The molecule has 2 rings (SSSR count). The molecule has 1 aliphatic heterocycles. The topological polar surface area (TPSA) is 40.6 Å². The summed E-state index contributed by atoms with van der Waals surface area (Å²) in [4.78, 5) is 22.4. The van der Waals surface area contributed by atoms with Gasteiger partial charge in [0.05, 0.1) is 12.2 Å². The first-order valence-electron chi connectivity index (χ1n) is 5.49. The SMILES string of the molecule is O=CCN1CCCC(=O)N1c1ccc(F)cc1. The van der Waals surface area contributed by atoms with Crippen LogP contribution < -0.4 is 5.01 Å². The van der Waals surface area contributed by atoms with E-state index < -0.39 is 0 Å². The van der Waals surface area contributed by atoms with Gasteiger partial charge in [-0.25, -0.2) is 14.4 Å². The summed E-state index contributed by atoms with van der Waals surface area (Å²) in [5.41, 5.74) is 0.595. The summed E-state index contributed by atoms with van der Waals surface area (Å²) >= 11 is 0. The summed E-state index contributed by atoms with van der Waals surface area (Å²) in [6, 6.07) is 5.68. The molecular formula is C12H13FN2O2. The number of nitrogens with zero attached hydrogens (tertiary/aromatic N) is 2. The van der Waals surface area contributed by atoms with Crippen LogP contribution in [0.15, 0.2) is 24.3 Å². The minimum atomic E-state index is -0.347. The standard InChI is InChI=1S/C12H13FN2O2/c13-10-3-5-11(6-4-10)15-12(17)2-1-7-14(15)8-9-16/h3-6,9H,1-2,7-8H2. The average Bonchev–Trinajstić information content (AvgIpc) is 2.32. The Morgan fingerprint density at radius 1 is 1.29 bits per heavy atom. The second-order valence-electron chi connectivity index (χ2n) is 3.86. The van der Waals surface area contributed by atoms with Gasteiger partial charge in [0.25, 0.3) is 0 Å². The summed E-state index contributed by atoms with van der Waals surface area (Å²) in [6.07, 6.45) is 1.95. The molecule has 1 heterocycles. The third kappa shape index (κ3) is 2.50. The lowest BCUT2D eigenvalue weighted by Gasteiger charge is -2.37. The van der Waals surface area contributed by atoms with Crippen LogP contribution in [0.5, 0.6) is 0 Å². The van der Waals surface area contributed by atoms with Gasteiger partial charge in [-0.15, -0.1) is 0 Å². The Kier molecular flexibility index (Phi) is 3.49. The largest absolute Gasteiger partial charge is 0.302 e. The lowest BCUT2D eigenvalue weighted by molar-refractivity contribution is -0.124. The molecule has 5 heteroatoms. The fourth-order valence-electron chi connectivity index (χ4n) is 1.92. The second-order valence-corrected chi connectivity index (χ2v) is 3.86. The van der Waals surface area contributed by atoms with Crippen LogP contribution in [-0.4, -0.2) is 30.3 Å². The highest BCUT2D eigenvalue weighted by Crippen LogP contribution is 2.22. The molecule has 1 aromatic carbocycles. The van der Waals surface area contributed by atoms with Gasteiger partial charge in [-0.1, -0.05) is 0 Å². The molecule has 0 bridgehead atoms. The van der Waals surface area contributed by atoms with Crippen molar-refractivity contribution in [2.24, 2.45) is 0 Å². The number of rotatable bonds is 3. The van der Waals surface area contributed by atoms with Gasteiger partial charge in [0.2, 0.25) is 5.91 Å². The normalized spacial score (nSPS) is 17.2. The van der Waals surface area contributed by atoms with Crippen molar-refractivity contribution in [1.29, 1.82) is 0 Å². The molecular weight excluding hydrogens is 223 g/mol. The number of amides is 1. The third-order valence-corrected chi connectivity index (χ3v) is 2.68. The molecule has 1 saturated heterocycles. The number of hydrazine groups is 1. The molecule has 0 N–H and O–H groups in total. The Labute approximate surface area is 98.6 Å². The molecule has 1 fully saturated rings. The molecule has 17 heavy (non-hydrogen) atoms. The van der Waals surface area contributed by atoms with Gasteiger partial charge in [-0.3, -0.25) is 4.79 Å². The summed E-state index contributed by atoms with van der Waals surface area (Å²) in [5, 5.41) is 3.13. The summed E-state index contributed by atoms with van der Waals surface area (Å²) < 4.78 is 12.8. The van der Waals surface area contributed by atoms with Crippen molar-refractivity contribution in [2.75, 3.05) is 18.1 Å². The van der Waals surface area contributed by atoms with Crippen LogP contribution >= 0.6 is 0 Å². The van der Waals surface area contributed by atoms with Crippen LogP contribution in [0.4, 0.5) is 10.1 Å². The minimum Gasteiger partial charge on any atom is -0.302 e. The highest BCUT2D eigenvalue weighted by atomic mass is 19.1. The Morgan fingerprint density at radius 3 is 2.65 bits per heavy atom. The first-order chi connectivity index (χ1) is 8.22. The van der Waals surface area contributed by atoms with Crippen molar-refractivity contribution in [3.8, 4) is 0 Å².